The number of benzene rings is 1. The van der Waals surface area contributed by atoms with E-state index in [9.17, 15) is 9.36 Å². The van der Waals surface area contributed by atoms with Gasteiger partial charge in [-0.25, -0.2) is 0 Å². The molecule has 120 valence electrons. The average molecular weight is 327 g/mol. The van der Waals surface area contributed by atoms with Crippen LogP contribution >= 0.6 is 7.14 Å². The zero-order valence-corrected chi connectivity index (χ0v) is 14.1. The summed E-state index contributed by atoms with van der Waals surface area (Å²) < 4.78 is 15.1. The molecular weight excluding hydrogens is 305 g/mol. The van der Waals surface area contributed by atoms with E-state index in [1.54, 1.807) is 29.1 Å². The molecule has 0 saturated carbocycles. The number of hydrogen-bond donors (Lipinski definition) is 0. The Labute approximate surface area is 137 Å². The van der Waals surface area contributed by atoms with Crippen LogP contribution in [-0.2, 0) is 4.57 Å². The van der Waals surface area contributed by atoms with Gasteiger partial charge in [0.25, 0.3) is 0 Å². The van der Waals surface area contributed by atoms with Crippen molar-refractivity contribution in [2.75, 3.05) is 12.3 Å². The van der Waals surface area contributed by atoms with E-state index >= 15 is 0 Å². The molecule has 1 atom stereocenters. The summed E-state index contributed by atoms with van der Waals surface area (Å²) in [5.74, 6) is -0.0581. The summed E-state index contributed by atoms with van der Waals surface area (Å²) in [5.41, 5.74) is 0.606. The van der Waals surface area contributed by atoms with Gasteiger partial charge < -0.3 is 4.57 Å². The van der Waals surface area contributed by atoms with Gasteiger partial charge in [0.05, 0.1) is 0 Å². The second kappa shape index (κ2) is 7.94. The normalized spacial score (nSPS) is 12.5. The van der Waals surface area contributed by atoms with E-state index in [4.69, 9.17) is 0 Å². The molecule has 23 heavy (non-hydrogen) atoms. The maximum absolute atomic E-state index is 13.5. The quantitative estimate of drug-likeness (QED) is 0.506. The van der Waals surface area contributed by atoms with Crippen molar-refractivity contribution in [1.29, 1.82) is 0 Å². The zero-order chi connectivity index (χ0) is 16.7. The van der Waals surface area contributed by atoms with Crippen LogP contribution in [0.1, 0.15) is 22.4 Å². The van der Waals surface area contributed by atoms with Crippen LogP contribution in [0.5, 0.6) is 0 Å². The van der Waals surface area contributed by atoms with Crippen molar-refractivity contribution in [3.05, 3.63) is 85.7 Å². The molecule has 0 unspecified atom stereocenters. The molecule has 0 aliphatic rings. The Morgan fingerprint density at radius 1 is 1.04 bits per heavy atom. The van der Waals surface area contributed by atoms with E-state index in [0.29, 0.717) is 12.3 Å². The van der Waals surface area contributed by atoms with Crippen molar-refractivity contribution in [3.8, 4) is 0 Å². The van der Waals surface area contributed by atoms with Crippen LogP contribution in [-0.4, -0.2) is 22.8 Å². The van der Waals surface area contributed by atoms with Gasteiger partial charge in [-0.2, -0.15) is 0 Å². The Bertz CT molecular complexity index is 690. The van der Waals surface area contributed by atoms with Gasteiger partial charge in [-0.3, -0.25) is 9.36 Å². The number of carbonyl (C=O) groups is 1. The first kappa shape index (κ1) is 17.2. The van der Waals surface area contributed by atoms with E-state index in [1.165, 1.54) is 0 Å². The van der Waals surface area contributed by atoms with Crippen LogP contribution in [0.2, 0.25) is 0 Å². The van der Waals surface area contributed by atoms with Gasteiger partial charge in [0, 0.05) is 36.8 Å². The number of rotatable bonds is 8. The summed E-state index contributed by atoms with van der Waals surface area (Å²) in [4.78, 5) is 12.5. The first-order valence-corrected chi connectivity index (χ1v) is 9.76. The minimum atomic E-state index is -2.68. The van der Waals surface area contributed by atoms with E-state index in [0.717, 1.165) is 5.56 Å². The van der Waals surface area contributed by atoms with E-state index in [-0.39, 0.29) is 18.0 Å². The highest BCUT2D eigenvalue weighted by Gasteiger charge is 2.33. The summed E-state index contributed by atoms with van der Waals surface area (Å²) >= 11 is 0. The van der Waals surface area contributed by atoms with E-state index in [2.05, 4.69) is 13.2 Å². The van der Waals surface area contributed by atoms with Crippen molar-refractivity contribution < 1.29 is 9.36 Å². The molecule has 2 rings (SSSR count). The molecule has 4 heteroatoms. The van der Waals surface area contributed by atoms with Crippen LogP contribution in [0, 0.1) is 0 Å². The Morgan fingerprint density at radius 3 is 2.13 bits per heavy atom. The topological polar surface area (TPSA) is 39.1 Å². The predicted molar refractivity (Wildman–Crippen MR) is 96.6 cm³/mol. The minimum absolute atomic E-state index is 0.0581. The first-order chi connectivity index (χ1) is 11.1. The van der Waals surface area contributed by atoms with Crippen LogP contribution in [0.3, 0.4) is 0 Å². The fraction of sp³-hybridized carbons (Fsp3) is 0.211. The molecule has 0 radical (unpaired) electrons. The number of hydrogen-bond acceptors (Lipinski definition) is 2. The second-order valence-corrected chi connectivity index (χ2v) is 8.77. The third kappa shape index (κ3) is 4.20. The van der Waals surface area contributed by atoms with Crippen LogP contribution in [0.15, 0.2) is 80.2 Å². The highest BCUT2D eigenvalue weighted by molar-refractivity contribution is 7.64. The molecule has 2 aromatic rings. The highest BCUT2D eigenvalue weighted by Crippen LogP contribution is 2.60. The van der Waals surface area contributed by atoms with Gasteiger partial charge in [0.2, 0.25) is 5.91 Å². The van der Waals surface area contributed by atoms with Crippen molar-refractivity contribution in [3.63, 3.8) is 0 Å². The van der Waals surface area contributed by atoms with Crippen LogP contribution in [0.4, 0.5) is 0 Å². The number of nitrogens with zero attached hydrogens (tertiary/aromatic N) is 1. The molecule has 3 nitrogen and oxygen atoms in total. The third-order valence-corrected chi connectivity index (χ3v) is 7.26. The fourth-order valence-electron chi connectivity index (χ4n) is 2.77. The maximum Gasteiger partial charge on any atom is 0.231 e. The SMILES string of the molecule is C=CCP(=O)(CC=C)[C@@H](CC(=O)n1cccc1)c1ccccc1. The summed E-state index contributed by atoms with van der Waals surface area (Å²) in [5, 5.41) is 0. The molecule has 0 aliphatic carbocycles. The van der Waals surface area contributed by atoms with Crippen LogP contribution in [0.25, 0.3) is 0 Å². The van der Waals surface area contributed by atoms with Gasteiger partial charge in [0.15, 0.2) is 0 Å². The Balaban J connectivity index is 2.39. The first-order valence-electron chi connectivity index (χ1n) is 7.61. The zero-order valence-electron chi connectivity index (χ0n) is 13.2. The van der Waals surface area contributed by atoms with Crippen molar-refractivity contribution >= 4 is 13.0 Å². The summed E-state index contributed by atoms with van der Waals surface area (Å²) in [6, 6.07) is 13.2. The lowest BCUT2D eigenvalue weighted by molar-refractivity contribution is 0.0901. The second-order valence-electron chi connectivity index (χ2n) is 5.51. The van der Waals surface area contributed by atoms with E-state index < -0.39 is 7.14 Å². The Kier molecular flexibility index (Phi) is 5.95. The third-order valence-electron chi connectivity index (χ3n) is 3.89. The minimum Gasteiger partial charge on any atom is -0.322 e. The standard InChI is InChI=1S/C19H22NO2P/c1-3-14-23(22,15-4-2)18(17-10-6-5-7-11-17)16-19(21)20-12-8-9-13-20/h3-13,18H,1-2,14-16H2/t18-/m0/s1. The van der Waals surface area contributed by atoms with Gasteiger partial charge in [-0.15, -0.1) is 13.2 Å². The average Bonchev–Trinajstić information content (AvgIpc) is 3.08. The Morgan fingerprint density at radius 2 is 1.61 bits per heavy atom. The van der Waals surface area contributed by atoms with Crippen molar-refractivity contribution in [2.45, 2.75) is 12.1 Å². The molecule has 1 aromatic carbocycles. The number of aromatic nitrogens is 1. The number of carbonyl (C=O) groups excluding carboxylic acids is 1. The molecule has 0 saturated heterocycles. The fourth-order valence-corrected chi connectivity index (χ4v) is 5.51. The lowest BCUT2D eigenvalue weighted by Crippen LogP contribution is -2.15. The highest BCUT2D eigenvalue weighted by atomic mass is 31.2. The summed E-state index contributed by atoms with van der Waals surface area (Å²) in [6.07, 6.45) is 7.81. The molecule has 1 heterocycles. The largest absolute Gasteiger partial charge is 0.322 e. The van der Waals surface area contributed by atoms with Crippen molar-refractivity contribution in [1.82, 2.24) is 4.57 Å². The maximum atomic E-state index is 13.5. The van der Waals surface area contributed by atoms with Crippen LogP contribution < -0.4 is 0 Å². The smallest absolute Gasteiger partial charge is 0.231 e. The molecule has 0 amide bonds. The summed E-state index contributed by atoms with van der Waals surface area (Å²) in [6.45, 7) is 7.47. The Hall–Kier alpha value is -2.12. The lowest BCUT2D eigenvalue weighted by Gasteiger charge is -2.26. The lowest BCUT2D eigenvalue weighted by atomic mass is 10.1. The molecule has 0 N–H and O–H groups in total. The van der Waals surface area contributed by atoms with Gasteiger partial charge in [-0.1, -0.05) is 42.5 Å². The molecule has 1 aromatic heterocycles. The van der Waals surface area contributed by atoms with Gasteiger partial charge in [0.1, 0.15) is 7.14 Å². The van der Waals surface area contributed by atoms with Gasteiger partial charge >= 0.3 is 0 Å². The molecule has 0 bridgehead atoms. The van der Waals surface area contributed by atoms with E-state index in [1.807, 2.05) is 42.5 Å². The molecule has 0 aliphatic heterocycles. The number of allylic oxidation sites excluding steroid dienone is 2. The van der Waals surface area contributed by atoms with Gasteiger partial charge in [-0.05, 0) is 17.7 Å². The monoisotopic (exact) mass is 327 g/mol. The molecular formula is C19H22NO2P. The predicted octanol–water partition coefficient (Wildman–Crippen LogP) is 4.99. The molecule has 0 fully saturated rings. The summed E-state index contributed by atoms with van der Waals surface area (Å²) in [7, 11) is -2.68. The van der Waals surface area contributed by atoms with Crippen molar-refractivity contribution in [2.24, 2.45) is 0 Å². The molecule has 0 spiro atoms.